The predicted octanol–water partition coefficient (Wildman–Crippen LogP) is 3.38. The van der Waals surface area contributed by atoms with Crippen LogP contribution >= 0.6 is 0 Å². The Kier molecular flexibility index (Phi) is 6.28. The molecule has 0 spiro atoms. The molecule has 5 rings (SSSR count). The molecule has 1 aromatic heterocycles. The number of allylic oxidation sites excluding steroid dienone is 2. The molecule has 9 heteroatoms. The van der Waals surface area contributed by atoms with E-state index in [9.17, 15) is 20.1 Å². The van der Waals surface area contributed by atoms with Crippen molar-refractivity contribution in [3.63, 3.8) is 0 Å². The van der Waals surface area contributed by atoms with Crippen LogP contribution in [0.15, 0.2) is 30.5 Å². The Morgan fingerprint density at radius 2 is 1.89 bits per heavy atom. The molecular weight excluding hydrogens is 472 g/mol. The summed E-state index contributed by atoms with van der Waals surface area (Å²) in [4.78, 5) is 19.6. The fourth-order valence-electron chi connectivity index (χ4n) is 6.14. The predicted molar refractivity (Wildman–Crippen MR) is 136 cm³/mol. The topological polar surface area (TPSA) is 151 Å². The van der Waals surface area contributed by atoms with Crippen LogP contribution in [0, 0.1) is 16.7 Å². The molecule has 2 unspecified atom stereocenters. The summed E-state index contributed by atoms with van der Waals surface area (Å²) in [5.41, 5.74) is 0.435. The molecular formula is C28H34N4O5. The number of H-pyrrole nitrogens is 1. The molecule has 2 aromatic rings. The van der Waals surface area contributed by atoms with Gasteiger partial charge in [-0.05, 0) is 60.8 Å². The maximum atomic E-state index is 12.9. The van der Waals surface area contributed by atoms with Crippen LogP contribution in [-0.2, 0) is 10.3 Å². The van der Waals surface area contributed by atoms with Crippen molar-refractivity contribution >= 4 is 17.2 Å². The summed E-state index contributed by atoms with van der Waals surface area (Å²) >= 11 is 0. The third-order valence-electron chi connectivity index (χ3n) is 8.31. The number of aliphatic hydroxyl groups excluding tert-OH is 2. The smallest absolute Gasteiger partial charge is 0.291 e. The van der Waals surface area contributed by atoms with Crippen LogP contribution in [0.1, 0.15) is 86.2 Å². The first-order chi connectivity index (χ1) is 17.5. The van der Waals surface area contributed by atoms with Gasteiger partial charge in [-0.2, -0.15) is 5.26 Å². The zero-order valence-electron chi connectivity index (χ0n) is 21.3. The van der Waals surface area contributed by atoms with Gasteiger partial charge in [0.2, 0.25) is 0 Å². The lowest BCUT2D eigenvalue weighted by Gasteiger charge is -2.47. The quantitative estimate of drug-likeness (QED) is 0.403. The Hall–Kier alpha value is -3.03. The maximum absolute atomic E-state index is 12.9. The average Bonchev–Trinajstić information content (AvgIpc) is 3.48. The number of fused-ring (bicyclic) bond motifs is 2. The minimum absolute atomic E-state index is 0.0414. The summed E-state index contributed by atoms with van der Waals surface area (Å²) < 4.78 is 6.13. The first-order valence-corrected chi connectivity index (χ1v) is 12.8. The van der Waals surface area contributed by atoms with E-state index in [4.69, 9.17) is 10.00 Å². The van der Waals surface area contributed by atoms with Crippen LogP contribution in [0.5, 0.6) is 0 Å². The summed E-state index contributed by atoms with van der Waals surface area (Å²) in [6.45, 7) is 4.00. The van der Waals surface area contributed by atoms with Gasteiger partial charge in [0.05, 0.1) is 36.2 Å². The van der Waals surface area contributed by atoms with Gasteiger partial charge in [0, 0.05) is 24.1 Å². The first-order valence-electron chi connectivity index (χ1n) is 12.8. The number of carbonyl (C=O) groups is 1. The number of aromatic nitrogens is 2. The summed E-state index contributed by atoms with van der Waals surface area (Å²) in [6.07, 6.45) is 7.79. The van der Waals surface area contributed by atoms with Gasteiger partial charge in [0.15, 0.2) is 5.82 Å². The number of amides is 1. The Labute approximate surface area is 216 Å². The maximum Gasteiger partial charge on any atom is 0.291 e. The SMILES string of the molecule is CC1(C)CC=C(c2cc(C3(O)CC4(CO)CCC(CO)(C3)O4)ccc2NC(=O)c2ncc(C#N)[nH]2)CC1. The Morgan fingerprint density at radius 1 is 1.19 bits per heavy atom. The summed E-state index contributed by atoms with van der Waals surface area (Å²) in [7, 11) is 0. The second-order valence-corrected chi connectivity index (χ2v) is 11.7. The number of rotatable bonds is 6. The van der Waals surface area contributed by atoms with Gasteiger partial charge in [-0.3, -0.25) is 4.79 Å². The van der Waals surface area contributed by atoms with Crippen LogP contribution in [0.2, 0.25) is 0 Å². The van der Waals surface area contributed by atoms with Gasteiger partial charge in [-0.15, -0.1) is 0 Å². The monoisotopic (exact) mass is 506 g/mol. The number of hydrogen-bond donors (Lipinski definition) is 5. The second kappa shape index (κ2) is 9.07. The van der Waals surface area contributed by atoms with E-state index in [1.807, 2.05) is 12.1 Å². The van der Waals surface area contributed by atoms with Crippen molar-refractivity contribution in [3.05, 3.63) is 53.1 Å². The fraction of sp³-hybridized carbons (Fsp3) is 0.536. The van der Waals surface area contributed by atoms with Crippen LogP contribution in [-0.4, -0.2) is 55.6 Å². The molecule has 5 N–H and O–H groups in total. The van der Waals surface area contributed by atoms with Gasteiger partial charge in [-0.25, -0.2) is 4.98 Å². The highest BCUT2D eigenvalue weighted by atomic mass is 16.6. The van der Waals surface area contributed by atoms with Crippen molar-refractivity contribution in [2.24, 2.45) is 5.41 Å². The highest BCUT2D eigenvalue weighted by Gasteiger charge is 2.60. The molecule has 2 atom stereocenters. The molecule has 1 amide bonds. The largest absolute Gasteiger partial charge is 0.393 e. The van der Waals surface area contributed by atoms with Gasteiger partial charge in [-0.1, -0.05) is 26.0 Å². The highest BCUT2D eigenvalue weighted by molar-refractivity contribution is 6.03. The number of benzene rings is 1. The van der Waals surface area contributed by atoms with Crippen molar-refractivity contribution in [3.8, 4) is 6.07 Å². The lowest BCUT2D eigenvalue weighted by Crippen LogP contribution is -2.54. The molecule has 9 nitrogen and oxygen atoms in total. The molecule has 2 aliphatic heterocycles. The van der Waals surface area contributed by atoms with E-state index >= 15 is 0 Å². The van der Waals surface area contributed by atoms with Crippen LogP contribution in [0.3, 0.4) is 0 Å². The third kappa shape index (κ3) is 4.71. The van der Waals surface area contributed by atoms with Crippen molar-refractivity contribution in [2.45, 2.75) is 75.6 Å². The van der Waals surface area contributed by atoms with Gasteiger partial charge in [0.25, 0.3) is 5.91 Å². The van der Waals surface area contributed by atoms with E-state index in [1.54, 1.807) is 12.1 Å². The number of aromatic amines is 1. The number of imidazole rings is 1. The number of nitrogens with zero attached hydrogens (tertiary/aromatic N) is 2. The van der Waals surface area contributed by atoms with E-state index in [1.165, 1.54) is 6.20 Å². The molecule has 37 heavy (non-hydrogen) atoms. The molecule has 1 aliphatic carbocycles. The molecule has 3 heterocycles. The number of nitriles is 1. The number of ether oxygens (including phenoxy) is 1. The third-order valence-corrected chi connectivity index (χ3v) is 8.31. The van der Waals surface area contributed by atoms with E-state index in [0.717, 1.165) is 30.4 Å². The van der Waals surface area contributed by atoms with E-state index < -0.39 is 22.7 Å². The summed E-state index contributed by atoms with van der Waals surface area (Å²) in [6, 6.07) is 7.42. The molecule has 2 fully saturated rings. The van der Waals surface area contributed by atoms with Gasteiger partial charge >= 0.3 is 0 Å². The standard InChI is InChI=1S/C28H34N4O5/c1-25(2)7-5-18(6-8-25)21-11-19(3-4-22(21)32-24(35)23-30-13-20(12-29)31-23)28(36)14-26(16-33)9-10-27(15-28,17-34)37-26/h3-5,11,13,33-34,36H,6-10,14-17H2,1-2H3,(H,30,31)(H,32,35). The first kappa shape index (κ1) is 25.6. The lowest BCUT2D eigenvalue weighted by atomic mass is 9.74. The number of hydrogen-bond acceptors (Lipinski definition) is 7. The lowest BCUT2D eigenvalue weighted by molar-refractivity contribution is -0.231. The summed E-state index contributed by atoms with van der Waals surface area (Å²) in [5, 5.41) is 44.2. The molecule has 0 radical (unpaired) electrons. The van der Waals surface area contributed by atoms with Crippen molar-refractivity contribution in [2.75, 3.05) is 18.5 Å². The van der Waals surface area contributed by atoms with Crippen LogP contribution in [0.4, 0.5) is 5.69 Å². The van der Waals surface area contributed by atoms with Gasteiger partial charge in [0.1, 0.15) is 11.8 Å². The van der Waals surface area contributed by atoms with E-state index in [0.29, 0.717) is 24.1 Å². The molecule has 0 saturated carbocycles. The minimum atomic E-state index is -1.31. The zero-order valence-corrected chi connectivity index (χ0v) is 21.3. The van der Waals surface area contributed by atoms with Crippen molar-refractivity contribution in [1.82, 2.24) is 9.97 Å². The molecule has 1 aromatic carbocycles. The van der Waals surface area contributed by atoms with Gasteiger partial charge < -0.3 is 30.4 Å². The van der Waals surface area contributed by atoms with Crippen LogP contribution < -0.4 is 5.32 Å². The average molecular weight is 507 g/mol. The number of carbonyl (C=O) groups excluding carboxylic acids is 1. The molecule has 2 bridgehead atoms. The van der Waals surface area contributed by atoms with E-state index in [2.05, 4.69) is 35.2 Å². The molecule has 3 aliphatic rings. The summed E-state index contributed by atoms with van der Waals surface area (Å²) in [5.74, 6) is -0.423. The highest BCUT2D eigenvalue weighted by Crippen LogP contribution is 2.55. The molecule has 2 saturated heterocycles. The van der Waals surface area contributed by atoms with Crippen molar-refractivity contribution < 1.29 is 24.9 Å². The minimum Gasteiger partial charge on any atom is -0.393 e. The molecule has 196 valence electrons. The fourth-order valence-corrected chi connectivity index (χ4v) is 6.14. The van der Waals surface area contributed by atoms with Crippen molar-refractivity contribution in [1.29, 1.82) is 5.26 Å². The van der Waals surface area contributed by atoms with Crippen LogP contribution in [0.25, 0.3) is 5.57 Å². The van der Waals surface area contributed by atoms with E-state index in [-0.39, 0.29) is 43.0 Å². The number of aliphatic hydroxyl groups is 3. The normalized spacial score (nSPS) is 30.4. The Morgan fingerprint density at radius 3 is 2.46 bits per heavy atom. The Balaban J connectivity index is 1.53. The number of anilines is 1. The second-order valence-electron chi connectivity index (χ2n) is 11.7. The Bertz CT molecular complexity index is 1270. The zero-order chi connectivity index (χ0) is 26.5. The number of nitrogens with one attached hydrogen (secondary N) is 2.